The number of methoxy groups -OCH3 is 2. The van der Waals surface area contributed by atoms with Crippen LogP contribution in [0.3, 0.4) is 0 Å². The van der Waals surface area contributed by atoms with Gasteiger partial charge in [0.15, 0.2) is 0 Å². The number of phosphoric ester groups is 4. The number of hydrogen-bond acceptors (Lipinski definition) is 34. The molecule has 1 aliphatic rings. The molecule has 34 nitrogen and oxygen atoms in total. The van der Waals surface area contributed by atoms with E-state index in [-0.39, 0.29) is 0 Å². The minimum Gasteiger partial charge on any atom is -0.438 e. The molecule has 0 spiro atoms. The second kappa shape index (κ2) is 31.5. The predicted molar refractivity (Wildman–Crippen MR) is 213 cm³/mol. The van der Waals surface area contributed by atoms with Crippen LogP contribution in [0.25, 0.3) is 0 Å². The van der Waals surface area contributed by atoms with Gasteiger partial charge in [0.25, 0.3) is 0 Å². The fourth-order valence-corrected chi connectivity index (χ4v) is 8.91. The third kappa shape index (κ3) is 25.5. The van der Waals surface area contributed by atoms with E-state index >= 15 is 0 Å². The van der Waals surface area contributed by atoms with Gasteiger partial charge in [0.2, 0.25) is 54.3 Å². The molecule has 1 rings (SSSR count). The number of carbonyl (C=O) groups excluding carboxylic acids is 8. The normalized spacial score (nSPS) is 19.5. The molecule has 0 aromatic rings. The van der Waals surface area contributed by atoms with Gasteiger partial charge in [-0.05, 0) is 0 Å². The van der Waals surface area contributed by atoms with Crippen LogP contribution in [-0.2, 0) is 158 Å². The SMILES string of the molecule is CO[C@@H]1[C@H](OC)[C@@H](OP(=O)(OCOC(C)=O)OCOC(C)=O)[C@H](OP(=O)(OCOC(C)=O)OCOC(C)=O)[C@@H](OP(=O)(OCOC(C)=O)OCOC(C)=O)[C@@H]1OP(=O)(OCOC(C)=O)OCOC(C)=O. The van der Waals surface area contributed by atoms with Crippen LogP contribution in [0.2, 0.25) is 0 Å². The van der Waals surface area contributed by atoms with Gasteiger partial charge >= 0.3 is 79.0 Å². The maximum atomic E-state index is 14.6. The maximum Gasteiger partial charge on any atom is 0.481 e. The van der Waals surface area contributed by atoms with Crippen molar-refractivity contribution in [2.45, 2.75) is 92.0 Å². The Kier molecular flexibility index (Phi) is 28.9. The molecule has 404 valence electrons. The van der Waals surface area contributed by atoms with Crippen molar-refractivity contribution in [3.05, 3.63) is 0 Å². The van der Waals surface area contributed by atoms with Gasteiger partial charge in [-0.15, -0.1) is 0 Å². The van der Waals surface area contributed by atoms with E-state index in [4.69, 9.17) is 63.8 Å². The van der Waals surface area contributed by atoms with Crippen molar-refractivity contribution >= 4 is 79.0 Å². The lowest BCUT2D eigenvalue weighted by atomic mass is 9.84. The summed E-state index contributed by atoms with van der Waals surface area (Å²) < 4.78 is 171. The molecule has 0 N–H and O–H groups in total. The van der Waals surface area contributed by atoms with E-state index in [1.165, 1.54) is 0 Å². The average Bonchev–Trinajstić information content (AvgIpc) is 3.21. The van der Waals surface area contributed by atoms with Gasteiger partial charge in [0, 0.05) is 69.6 Å². The molecule has 6 atom stereocenters. The van der Waals surface area contributed by atoms with Crippen LogP contribution in [-0.4, -0.2) is 153 Å². The van der Waals surface area contributed by atoms with E-state index in [1.807, 2.05) is 0 Å². The van der Waals surface area contributed by atoms with E-state index in [0.29, 0.717) is 0 Å². The zero-order chi connectivity index (χ0) is 53.3. The molecular formula is C32H52O34P4. The predicted octanol–water partition coefficient (Wildman–Crippen LogP) is 2.30. The standard InChI is InChI=1S/C32H52O34P4/c1-19(33)47-11-55-67(41,56-12-48-20(2)34)63-29-27(45-9)28(46-10)30(64-68(42,57-13-49-21(3)35)58-14-50-22(4)36)32(66-70(44,61-17-53-25(7)39)62-18-54-26(8)40)31(29)65-69(43,59-15-51-23(5)37)60-16-52-24(6)38/h27-32H,11-18H2,1-10H3/t27-,28+,29-,30-,31+,32+/m1/s1. The highest BCUT2D eigenvalue weighted by atomic mass is 31.2. The lowest BCUT2D eigenvalue weighted by Crippen LogP contribution is -2.66. The van der Waals surface area contributed by atoms with E-state index in [9.17, 15) is 56.6 Å². The Balaban J connectivity index is 4.58. The van der Waals surface area contributed by atoms with Crippen LogP contribution in [0, 0.1) is 0 Å². The Morgan fingerprint density at radius 1 is 0.271 bits per heavy atom. The van der Waals surface area contributed by atoms with Crippen LogP contribution < -0.4 is 0 Å². The third-order valence-corrected chi connectivity index (χ3v) is 12.7. The zero-order valence-electron chi connectivity index (χ0n) is 38.8. The molecule has 0 amide bonds. The molecule has 0 radical (unpaired) electrons. The highest BCUT2D eigenvalue weighted by Crippen LogP contribution is 2.62. The summed E-state index contributed by atoms with van der Waals surface area (Å²) in [6, 6.07) is 0. The van der Waals surface area contributed by atoms with E-state index < -0.39 is 170 Å². The molecule has 0 heterocycles. The Labute approximate surface area is 397 Å². The van der Waals surface area contributed by atoms with Gasteiger partial charge in [-0.2, -0.15) is 0 Å². The number of esters is 8. The Morgan fingerprint density at radius 3 is 0.514 bits per heavy atom. The minimum absolute atomic E-state index is 0.872. The fourth-order valence-electron chi connectivity index (χ4n) is 4.52. The first-order valence-corrected chi connectivity index (χ1v) is 24.9. The maximum absolute atomic E-state index is 14.6. The smallest absolute Gasteiger partial charge is 0.438 e. The van der Waals surface area contributed by atoms with Gasteiger partial charge in [-0.25, -0.2) is 54.5 Å². The molecule has 70 heavy (non-hydrogen) atoms. The average molecular weight is 1100 g/mol. The molecule has 1 fully saturated rings. The van der Waals surface area contributed by atoms with Crippen LogP contribution >= 0.6 is 31.3 Å². The quantitative estimate of drug-likeness (QED) is 0.0386. The number of carbonyl (C=O) groups is 8. The Morgan fingerprint density at radius 2 is 0.400 bits per heavy atom. The minimum atomic E-state index is -5.68. The second-order valence-corrected chi connectivity index (χ2v) is 19.0. The summed E-state index contributed by atoms with van der Waals surface area (Å²) in [6.45, 7) is -3.26. The molecule has 38 heteroatoms. The first-order chi connectivity index (χ1) is 32.6. The molecule has 1 saturated carbocycles. The molecule has 0 saturated heterocycles. The summed E-state index contributed by atoms with van der Waals surface area (Å²) in [7, 11) is -20.6. The van der Waals surface area contributed by atoms with Gasteiger partial charge in [0.05, 0.1) is 0 Å². The van der Waals surface area contributed by atoms with Crippen LogP contribution in [0.1, 0.15) is 55.4 Å². The summed E-state index contributed by atoms with van der Waals surface area (Å²) >= 11 is 0. The number of rotatable bonds is 34. The monoisotopic (exact) mass is 1100 g/mol. The lowest BCUT2D eigenvalue weighted by molar-refractivity contribution is -0.230. The first-order valence-electron chi connectivity index (χ1n) is 19.0. The van der Waals surface area contributed by atoms with Gasteiger partial charge in [-0.1, -0.05) is 0 Å². The second-order valence-electron chi connectivity index (χ2n) is 12.5. The molecule has 0 aromatic heterocycles. The zero-order valence-corrected chi connectivity index (χ0v) is 42.4. The van der Waals surface area contributed by atoms with Gasteiger partial charge in [-0.3, -0.25) is 56.5 Å². The summed E-state index contributed by atoms with van der Waals surface area (Å²) in [5.41, 5.74) is 0. The van der Waals surface area contributed by atoms with E-state index in [2.05, 4.69) is 37.9 Å². The van der Waals surface area contributed by atoms with Gasteiger partial charge < -0.3 is 47.4 Å². The van der Waals surface area contributed by atoms with Crippen molar-refractivity contribution in [2.75, 3.05) is 68.6 Å². The largest absolute Gasteiger partial charge is 0.481 e. The van der Waals surface area contributed by atoms with Crippen molar-refractivity contribution in [1.29, 1.82) is 0 Å². The molecule has 0 bridgehead atoms. The van der Waals surface area contributed by atoms with Crippen molar-refractivity contribution in [3.63, 3.8) is 0 Å². The molecule has 0 unspecified atom stereocenters. The summed E-state index contributed by atoms with van der Waals surface area (Å²) in [6.07, 6.45) is -14.6. The molecule has 0 aliphatic heterocycles. The van der Waals surface area contributed by atoms with Crippen LogP contribution in [0.4, 0.5) is 0 Å². The lowest BCUT2D eigenvalue weighted by Gasteiger charge is -2.49. The van der Waals surface area contributed by atoms with Crippen LogP contribution in [0.5, 0.6) is 0 Å². The van der Waals surface area contributed by atoms with Crippen molar-refractivity contribution in [1.82, 2.24) is 0 Å². The summed E-state index contributed by atoms with van der Waals surface area (Å²) in [5, 5.41) is 0. The highest BCUT2D eigenvalue weighted by molar-refractivity contribution is 7.49. The van der Waals surface area contributed by atoms with Crippen molar-refractivity contribution < 1.29 is 158 Å². The van der Waals surface area contributed by atoms with Crippen molar-refractivity contribution in [2.24, 2.45) is 0 Å². The molecular weight excluding hydrogens is 1050 g/mol. The van der Waals surface area contributed by atoms with Crippen molar-refractivity contribution in [3.8, 4) is 0 Å². The first kappa shape index (κ1) is 64.1. The fraction of sp³-hybridized carbons (Fsp3) is 0.750. The Hall–Kier alpha value is -3.88. The third-order valence-electron chi connectivity index (χ3n) is 7.27. The Bertz CT molecular complexity index is 1730. The van der Waals surface area contributed by atoms with E-state index in [0.717, 1.165) is 69.6 Å². The van der Waals surface area contributed by atoms with E-state index in [1.54, 1.807) is 0 Å². The van der Waals surface area contributed by atoms with Gasteiger partial charge in [0.1, 0.15) is 36.6 Å². The van der Waals surface area contributed by atoms with Crippen LogP contribution in [0.15, 0.2) is 0 Å². The number of hydrogen-bond donors (Lipinski definition) is 0. The number of ether oxygens (including phenoxy) is 10. The topological polar surface area (TPSA) is 408 Å². The summed E-state index contributed by atoms with van der Waals surface area (Å²) in [5.74, 6) is -8.37. The number of phosphoric acid groups is 4. The molecule has 1 aliphatic carbocycles. The summed E-state index contributed by atoms with van der Waals surface area (Å²) in [4.78, 5) is 93.6. The highest BCUT2D eigenvalue weighted by Gasteiger charge is 2.62. The molecule has 0 aromatic carbocycles.